The molecule has 0 radical (unpaired) electrons. The predicted octanol–water partition coefficient (Wildman–Crippen LogP) is 1.42. The average molecular weight is 374 g/mol. The zero-order valence-electron chi connectivity index (χ0n) is 16.4. The van der Waals surface area contributed by atoms with Crippen LogP contribution >= 0.6 is 0 Å². The summed E-state index contributed by atoms with van der Waals surface area (Å²) in [5.74, 6) is 1.28. The fraction of sp³-hybridized carbons (Fsp3) is 0.750. The molecule has 1 aliphatic carbocycles. The van der Waals surface area contributed by atoms with Gasteiger partial charge < -0.3 is 15.0 Å². The summed E-state index contributed by atoms with van der Waals surface area (Å²) in [6.45, 7) is 7.36. The van der Waals surface area contributed by atoms with Crippen molar-refractivity contribution in [1.29, 1.82) is 0 Å². The third-order valence-corrected chi connectivity index (χ3v) is 6.00. The van der Waals surface area contributed by atoms with E-state index in [9.17, 15) is 9.59 Å². The number of likely N-dealkylation sites (tertiary alicyclic amines) is 1. The smallest absolute Gasteiger partial charge is 0.224 e. The number of hydrogen-bond donors (Lipinski definition) is 1. The molecule has 0 bridgehead atoms. The van der Waals surface area contributed by atoms with Gasteiger partial charge in [-0.25, -0.2) is 0 Å². The summed E-state index contributed by atoms with van der Waals surface area (Å²) in [5, 5.41) is 7.44. The number of rotatable bonds is 7. The van der Waals surface area contributed by atoms with Gasteiger partial charge in [-0.1, -0.05) is 0 Å². The van der Waals surface area contributed by atoms with Gasteiger partial charge in [0.15, 0.2) is 0 Å². The lowest BCUT2D eigenvalue weighted by Gasteiger charge is -2.47. The maximum absolute atomic E-state index is 12.4. The molecule has 7 nitrogen and oxygen atoms in total. The van der Waals surface area contributed by atoms with Crippen LogP contribution in [0, 0.1) is 25.7 Å². The molecule has 0 aromatic carbocycles. The highest BCUT2D eigenvalue weighted by Gasteiger charge is 2.51. The van der Waals surface area contributed by atoms with Crippen LogP contribution in [0.15, 0.2) is 6.07 Å². The number of nitrogens with zero attached hydrogens (tertiary/aromatic N) is 3. The molecule has 1 aromatic rings. The SMILES string of the molecule is Cc1cc(C)n(CCC(=O)N2CC3(CC(CC(=O)NCC4CC4)CO3)C2)n1. The molecule has 2 saturated heterocycles. The van der Waals surface area contributed by atoms with Crippen molar-refractivity contribution in [2.75, 3.05) is 26.2 Å². The maximum Gasteiger partial charge on any atom is 0.224 e. The number of amides is 2. The molecule has 3 heterocycles. The number of aryl methyl sites for hydroxylation is 3. The highest BCUT2D eigenvalue weighted by Crippen LogP contribution is 2.39. The van der Waals surface area contributed by atoms with Crippen LogP contribution in [0.3, 0.4) is 0 Å². The highest BCUT2D eigenvalue weighted by atomic mass is 16.5. The Hall–Kier alpha value is -1.89. The van der Waals surface area contributed by atoms with E-state index >= 15 is 0 Å². The first-order chi connectivity index (χ1) is 12.9. The molecule has 2 aliphatic heterocycles. The third-order valence-electron chi connectivity index (χ3n) is 6.00. The second kappa shape index (κ2) is 7.26. The Morgan fingerprint density at radius 1 is 1.30 bits per heavy atom. The van der Waals surface area contributed by atoms with E-state index in [1.165, 1.54) is 12.8 Å². The summed E-state index contributed by atoms with van der Waals surface area (Å²) in [6, 6.07) is 2.02. The number of nitrogens with one attached hydrogen (secondary N) is 1. The summed E-state index contributed by atoms with van der Waals surface area (Å²) in [6.07, 6.45) is 4.38. The van der Waals surface area contributed by atoms with E-state index in [1.807, 2.05) is 29.5 Å². The van der Waals surface area contributed by atoms with E-state index in [0.717, 1.165) is 24.4 Å². The Morgan fingerprint density at radius 3 is 2.74 bits per heavy atom. The van der Waals surface area contributed by atoms with E-state index in [2.05, 4.69) is 10.4 Å². The number of carbonyl (C=O) groups excluding carboxylic acids is 2. The van der Waals surface area contributed by atoms with Crippen molar-refractivity contribution in [2.24, 2.45) is 11.8 Å². The summed E-state index contributed by atoms with van der Waals surface area (Å²) in [7, 11) is 0. The van der Waals surface area contributed by atoms with Crippen LogP contribution in [-0.4, -0.2) is 58.3 Å². The predicted molar refractivity (Wildman–Crippen MR) is 100 cm³/mol. The number of carbonyl (C=O) groups is 2. The molecule has 3 aliphatic rings. The molecule has 1 spiro atoms. The van der Waals surface area contributed by atoms with Gasteiger partial charge in [-0.2, -0.15) is 5.10 Å². The highest BCUT2D eigenvalue weighted by molar-refractivity contribution is 5.77. The molecule has 1 unspecified atom stereocenters. The second-order valence-electron chi connectivity index (χ2n) is 8.67. The van der Waals surface area contributed by atoms with Crippen molar-refractivity contribution in [3.63, 3.8) is 0 Å². The van der Waals surface area contributed by atoms with Crippen LogP contribution in [-0.2, 0) is 20.9 Å². The van der Waals surface area contributed by atoms with Crippen molar-refractivity contribution >= 4 is 11.8 Å². The molecule has 1 N–H and O–H groups in total. The van der Waals surface area contributed by atoms with E-state index < -0.39 is 0 Å². The van der Waals surface area contributed by atoms with Crippen molar-refractivity contribution in [1.82, 2.24) is 20.0 Å². The molecule has 1 aromatic heterocycles. The zero-order chi connectivity index (χ0) is 19.0. The Kier molecular flexibility index (Phi) is 4.97. The number of hydrogen-bond acceptors (Lipinski definition) is 4. The Morgan fingerprint density at radius 2 is 2.07 bits per heavy atom. The largest absolute Gasteiger partial charge is 0.371 e. The van der Waals surface area contributed by atoms with Crippen LogP contribution in [0.1, 0.15) is 43.5 Å². The topological polar surface area (TPSA) is 76.5 Å². The molecular weight excluding hydrogens is 344 g/mol. The molecule has 1 saturated carbocycles. The standard InChI is InChI=1S/C20H30N4O3/c1-14-7-15(2)24(22-14)6-5-19(26)23-12-20(13-23)9-17(11-27-20)8-18(25)21-10-16-3-4-16/h7,16-17H,3-6,8-13H2,1-2H3,(H,21,25). The van der Waals surface area contributed by atoms with Crippen LogP contribution in [0.2, 0.25) is 0 Å². The van der Waals surface area contributed by atoms with Crippen LogP contribution < -0.4 is 5.32 Å². The molecule has 27 heavy (non-hydrogen) atoms. The minimum absolute atomic E-state index is 0.143. The lowest BCUT2D eigenvalue weighted by atomic mass is 9.85. The summed E-state index contributed by atoms with van der Waals surface area (Å²) in [4.78, 5) is 26.3. The maximum atomic E-state index is 12.4. The van der Waals surface area contributed by atoms with E-state index in [4.69, 9.17) is 4.74 Å². The molecule has 2 amide bonds. The summed E-state index contributed by atoms with van der Waals surface area (Å²) in [5.41, 5.74) is 1.85. The van der Waals surface area contributed by atoms with Gasteiger partial charge in [0.25, 0.3) is 0 Å². The van der Waals surface area contributed by atoms with Crippen molar-refractivity contribution in [3.8, 4) is 0 Å². The van der Waals surface area contributed by atoms with Crippen LogP contribution in [0.25, 0.3) is 0 Å². The van der Waals surface area contributed by atoms with Gasteiger partial charge in [0.2, 0.25) is 11.8 Å². The molecule has 148 valence electrons. The Balaban J connectivity index is 1.17. The second-order valence-corrected chi connectivity index (χ2v) is 8.67. The Bertz CT molecular complexity index is 719. The average Bonchev–Trinajstić information content (AvgIpc) is 3.24. The van der Waals surface area contributed by atoms with Crippen molar-refractivity contribution < 1.29 is 14.3 Å². The van der Waals surface area contributed by atoms with Crippen LogP contribution in [0.4, 0.5) is 0 Å². The van der Waals surface area contributed by atoms with Gasteiger partial charge in [-0.15, -0.1) is 0 Å². The summed E-state index contributed by atoms with van der Waals surface area (Å²) >= 11 is 0. The minimum atomic E-state index is -0.213. The lowest BCUT2D eigenvalue weighted by molar-refractivity contribution is -0.158. The van der Waals surface area contributed by atoms with E-state index in [-0.39, 0.29) is 23.3 Å². The fourth-order valence-electron chi connectivity index (χ4n) is 4.29. The molecular formula is C20H30N4O3. The van der Waals surface area contributed by atoms with Crippen LogP contribution in [0.5, 0.6) is 0 Å². The first-order valence-corrected chi connectivity index (χ1v) is 10.1. The third kappa shape index (κ3) is 4.34. The quantitative estimate of drug-likeness (QED) is 0.783. The molecule has 3 fully saturated rings. The number of ether oxygens (including phenoxy) is 1. The first-order valence-electron chi connectivity index (χ1n) is 10.1. The molecule has 1 atom stereocenters. The van der Waals surface area contributed by atoms with Gasteiger partial charge >= 0.3 is 0 Å². The number of aromatic nitrogens is 2. The normalized spacial score (nSPS) is 23.5. The van der Waals surface area contributed by atoms with Gasteiger partial charge in [0, 0.05) is 31.6 Å². The zero-order valence-corrected chi connectivity index (χ0v) is 16.4. The minimum Gasteiger partial charge on any atom is -0.371 e. The van der Waals surface area contributed by atoms with E-state index in [0.29, 0.717) is 45.0 Å². The van der Waals surface area contributed by atoms with Crippen molar-refractivity contribution in [2.45, 2.75) is 58.1 Å². The van der Waals surface area contributed by atoms with Gasteiger partial charge in [-0.3, -0.25) is 14.3 Å². The molecule has 7 heteroatoms. The Labute approximate surface area is 160 Å². The monoisotopic (exact) mass is 374 g/mol. The fourth-order valence-corrected chi connectivity index (χ4v) is 4.29. The molecule has 4 rings (SSSR count). The van der Waals surface area contributed by atoms with Gasteiger partial charge in [-0.05, 0) is 51.0 Å². The summed E-state index contributed by atoms with van der Waals surface area (Å²) < 4.78 is 7.90. The lowest BCUT2D eigenvalue weighted by Crippen LogP contribution is -2.63. The van der Waals surface area contributed by atoms with Crippen molar-refractivity contribution in [3.05, 3.63) is 17.5 Å². The first kappa shape index (κ1) is 18.5. The van der Waals surface area contributed by atoms with Gasteiger partial charge in [0.05, 0.1) is 25.4 Å². The van der Waals surface area contributed by atoms with E-state index in [1.54, 1.807) is 0 Å². The van der Waals surface area contributed by atoms with Gasteiger partial charge in [0.1, 0.15) is 5.60 Å².